The molecule has 0 heterocycles. The van der Waals surface area contributed by atoms with Crippen LogP contribution in [0.4, 0.5) is 0 Å². The molecular weight excluding hydrogens is 427 g/mol. The summed E-state index contributed by atoms with van der Waals surface area (Å²) in [5.74, 6) is 3.30. The molecule has 0 saturated heterocycles. The number of hydrogen-bond acceptors (Lipinski definition) is 1. The van der Waals surface area contributed by atoms with E-state index in [1.165, 1.54) is 55.4 Å². The van der Waals surface area contributed by atoms with E-state index in [0.717, 1.165) is 0 Å². The van der Waals surface area contributed by atoms with Crippen molar-refractivity contribution in [3.05, 3.63) is 21.8 Å². The Morgan fingerprint density at radius 2 is 1.40 bits per heavy atom. The number of hydrogen-bond donors (Lipinski definition) is 1. The standard InChI is InChI=1S/C10H15OSi.3C4H9.Sn/c1-12(2,3)10-8-6-4-5-7-9-11;3*1-3-4-2;/h4,6-7,11H,9H2,1-3H3;3*1,3-4H2,2H3;/b6-4-,7-5?;;;;. The van der Waals surface area contributed by atoms with E-state index in [1.54, 1.807) is 0 Å². The first kappa shape index (κ1) is 25.0. The fraction of sp³-hybridized carbons (Fsp3) is 0.727. The molecule has 1 N–H and O–H groups in total. The van der Waals surface area contributed by atoms with Gasteiger partial charge < -0.3 is 0 Å². The Morgan fingerprint density at radius 1 is 0.920 bits per heavy atom. The van der Waals surface area contributed by atoms with Gasteiger partial charge in [-0.15, -0.1) is 0 Å². The zero-order valence-corrected chi connectivity index (χ0v) is 21.6. The second-order valence-corrected chi connectivity index (χ2v) is 26.3. The molecule has 0 unspecified atom stereocenters. The molecule has 0 atom stereocenters. The van der Waals surface area contributed by atoms with Gasteiger partial charge in [-0.05, 0) is 0 Å². The molecule has 144 valence electrons. The van der Waals surface area contributed by atoms with Gasteiger partial charge in [-0.25, -0.2) is 0 Å². The molecule has 0 aliphatic rings. The van der Waals surface area contributed by atoms with Gasteiger partial charge in [0.15, 0.2) is 0 Å². The van der Waals surface area contributed by atoms with Crippen LogP contribution in [0.3, 0.4) is 0 Å². The molecule has 0 fully saturated rings. The van der Waals surface area contributed by atoms with Crippen LogP contribution in [0, 0.1) is 11.5 Å². The van der Waals surface area contributed by atoms with Crippen molar-refractivity contribution >= 4 is 26.5 Å². The molecule has 0 aliphatic carbocycles. The molecule has 3 heteroatoms. The van der Waals surface area contributed by atoms with E-state index >= 15 is 0 Å². The van der Waals surface area contributed by atoms with Gasteiger partial charge in [0, 0.05) is 0 Å². The maximum atomic E-state index is 9.66. The Labute approximate surface area is 163 Å². The molecule has 0 rings (SSSR count). The Balaban J connectivity index is 5.66. The molecule has 0 aliphatic heterocycles. The molecule has 1 nitrogen and oxygen atoms in total. The van der Waals surface area contributed by atoms with Crippen LogP contribution < -0.4 is 0 Å². The Hall–Kier alpha value is 0.0156. The number of rotatable bonds is 12. The summed E-state index contributed by atoms with van der Waals surface area (Å²) in [5.41, 5.74) is 3.44. The quantitative estimate of drug-likeness (QED) is 0.191. The summed E-state index contributed by atoms with van der Waals surface area (Å²) in [5, 5.41) is 9.66. The van der Waals surface area contributed by atoms with Gasteiger partial charge in [0.1, 0.15) is 0 Å². The number of aliphatic hydroxyl groups is 1. The van der Waals surface area contributed by atoms with Gasteiger partial charge in [-0.1, -0.05) is 0 Å². The second kappa shape index (κ2) is 14.1. The van der Waals surface area contributed by atoms with Crippen LogP contribution in [0.15, 0.2) is 21.8 Å². The fourth-order valence-corrected chi connectivity index (χ4v) is 20.0. The van der Waals surface area contributed by atoms with Crippen molar-refractivity contribution in [1.29, 1.82) is 0 Å². The normalized spacial score (nSPS) is 13.2. The topological polar surface area (TPSA) is 20.2 Å². The molecule has 25 heavy (non-hydrogen) atoms. The first-order valence-electron chi connectivity index (χ1n) is 10.4. The van der Waals surface area contributed by atoms with E-state index < -0.39 is 26.5 Å². The van der Waals surface area contributed by atoms with Gasteiger partial charge in [0.2, 0.25) is 0 Å². The molecule has 0 radical (unpaired) electrons. The Kier molecular flexibility index (Phi) is 14.1. The summed E-state index contributed by atoms with van der Waals surface area (Å²) in [7, 11) is -1.32. The van der Waals surface area contributed by atoms with Gasteiger partial charge in [-0.2, -0.15) is 0 Å². The predicted octanol–water partition coefficient (Wildman–Crippen LogP) is 6.73. The average molecular weight is 469 g/mol. The van der Waals surface area contributed by atoms with Crippen LogP contribution in [0.25, 0.3) is 0 Å². The molecule has 0 aromatic heterocycles. The Morgan fingerprint density at radius 3 is 1.76 bits per heavy atom. The molecule has 0 aromatic carbocycles. The van der Waals surface area contributed by atoms with Gasteiger partial charge in [0.05, 0.1) is 0 Å². The molecule has 0 spiro atoms. The SMILES string of the molecule is CCC[CH2][Sn]([CH2]CCC)([CH2]CCC)[C](/C=C\C#C[Si](C)(C)C)=C/CO. The van der Waals surface area contributed by atoms with Crippen LogP contribution in [-0.4, -0.2) is 38.2 Å². The third-order valence-electron chi connectivity index (χ3n) is 4.74. The van der Waals surface area contributed by atoms with Crippen LogP contribution in [0.2, 0.25) is 33.0 Å². The predicted molar refractivity (Wildman–Crippen MR) is 120 cm³/mol. The van der Waals surface area contributed by atoms with Crippen LogP contribution in [0.1, 0.15) is 59.3 Å². The zero-order valence-electron chi connectivity index (χ0n) is 17.8. The third-order valence-corrected chi connectivity index (χ3v) is 21.4. The van der Waals surface area contributed by atoms with Crippen molar-refractivity contribution in [1.82, 2.24) is 0 Å². The summed E-state index contributed by atoms with van der Waals surface area (Å²) in [4.78, 5) is 0. The van der Waals surface area contributed by atoms with E-state index in [4.69, 9.17) is 0 Å². The molecule has 0 amide bonds. The molecular formula is C22H42OSiSn. The van der Waals surface area contributed by atoms with E-state index in [1.807, 2.05) is 0 Å². The monoisotopic (exact) mass is 470 g/mol. The number of allylic oxidation sites excluding steroid dienone is 3. The molecule has 0 bridgehead atoms. The number of unbranched alkanes of at least 4 members (excludes halogenated alkanes) is 3. The first-order valence-corrected chi connectivity index (χ1v) is 21.3. The van der Waals surface area contributed by atoms with Crippen molar-refractivity contribution in [3.8, 4) is 11.5 Å². The summed E-state index contributed by atoms with van der Waals surface area (Å²) < 4.78 is 5.83. The van der Waals surface area contributed by atoms with Gasteiger partial charge in [-0.3, -0.25) is 0 Å². The van der Waals surface area contributed by atoms with Crippen LogP contribution >= 0.6 is 0 Å². The first-order chi connectivity index (χ1) is 11.8. The van der Waals surface area contributed by atoms with E-state index in [2.05, 4.69) is 70.1 Å². The van der Waals surface area contributed by atoms with Crippen molar-refractivity contribution < 1.29 is 5.11 Å². The minimum atomic E-state index is -2.45. The molecule has 0 aromatic rings. The number of aliphatic hydroxyl groups excluding tert-OH is 1. The maximum absolute atomic E-state index is 9.66. The second-order valence-electron chi connectivity index (χ2n) is 8.29. The van der Waals surface area contributed by atoms with E-state index in [0.29, 0.717) is 0 Å². The van der Waals surface area contributed by atoms with Crippen molar-refractivity contribution in [2.24, 2.45) is 0 Å². The summed E-state index contributed by atoms with van der Waals surface area (Å²) >= 11 is -2.45. The fourth-order valence-electron chi connectivity index (χ4n) is 3.30. The van der Waals surface area contributed by atoms with Crippen LogP contribution in [0.5, 0.6) is 0 Å². The zero-order chi connectivity index (χ0) is 19.2. The third kappa shape index (κ3) is 11.4. The van der Waals surface area contributed by atoms with Crippen LogP contribution in [-0.2, 0) is 0 Å². The van der Waals surface area contributed by atoms with Crippen molar-refractivity contribution in [2.75, 3.05) is 6.61 Å². The minimum absolute atomic E-state index is 0.171. The van der Waals surface area contributed by atoms with Crippen molar-refractivity contribution in [2.45, 2.75) is 92.2 Å². The van der Waals surface area contributed by atoms with Gasteiger partial charge in [0.25, 0.3) is 0 Å². The summed E-state index contributed by atoms with van der Waals surface area (Å²) in [6, 6.07) is 0. The average Bonchev–Trinajstić information content (AvgIpc) is 2.56. The van der Waals surface area contributed by atoms with E-state index in [9.17, 15) is 5.11 Å². The summed E-state index contributed by atoms with van der Waals surface area (Å²) in [6.07, 6.45) is 14.4. The van der Waals surface area contributed by atoms with Gasteiger partial charge >= 0.3 is 164 Å². The summed E-state index contributed by atoms with van der Waals surface area (Å²) in [6.45, 7) is 13.9. The Bertz CT molecular complexity index is 441. The molecule has 0 saturated carbocycles. The van der Waals surface area contributed by atoms with E-state index in [-0.39, 0.29) is 6.61 Å². The van der Waals surface area contributed by atoms with Crippen molar-refractivity contribution in [3.63, 3.8) is 0 Å².